The molecule has 1 fully saturated rings. The number of hydrogen-bond donors (Lipinski definition) is 2. The molecule has 2 rings (SSSR count). The summed E-state index contributed by atoms with van der Waals surface area (Å²) in [4.78, 5) is 9.95. The van der Waals surface area contributed by atoms with Crippen molar-refractivity contribution in [3.8, 4) is 0 Å². The summed E-state index contributed by atoms with van der Waals surface area (Å²) in [7, 11) is 0. The summed E-state index contributed by atoms with van der Waals surface area (Å²) >= 11 is 0. The number of halogens is 1. The molecule has 1 saturated heterocycles. The van der Waals surface area contributed by atoms with E-state index in [4.69, 9.17) is 4.99 Å². The lowest BCUT2D eigenvalue weighted by molar-refractivity contribution is 0.125. The highest BCUT2D eigenvalue weighted by atomic mass is 127. The standard InChI is InChI=1S/C23H41N5.HI/c1-6-24-23(25-9-8-22-15-19(3)14-20(4)16-22)26-17-21(5)18-28-12-10-27(7-2)11-13-28;/h14-16,21H,6-13,17-18H2,1-5H3,(H2,24,25,26);1H. The lowest BCUT2D eigenvalue weighted by Crippen LogP contribution is -2.47. The maximum absolute atomic E-state index is 4.83. The van der Waals surface area contributed by atoms with E-state index < -0.39 is 0 Å². The average molecular weight is 516 g/mol. The molecule has 1 heterocycles. The number of benzene rings is 1. The summed E-state index contributed by atoms with van der Waals surface area (Å²) in [6.45, 7) is 20.8. The molecule has 1 atom stereocenters. The van der Waals surface area contributed by atoms with E-state index in [2.05, 4.69) is 73.3 Å². The van der Waals surface area contributed by atoms with Gasteiger partial charge in [-0.2, -0.15) is 0 Å². The Morgan fingerprint density at radius 2 is 1.62 bits per heavy atom. The van der Waals surface area contributed by atoms with Crippen molar-refractivity contribution in [2.45, 2.75) is 41.0 Å². The van der Waals surface area contributed by atoms with E-state index in [9.17, 15) is 0 Å². The van der Waals surface area contributed by atoms with Crippen LogP contribution in [0.5, 0.6) is 0 Å². The molecule has 1 aromatic rings. The molecule has 1 aliphatic heterocycles. The third-order valence-electron chi connectivity index (χ3n) is 5.37. The molecule has 166 valence electrons. The van der Waals surface area contributed by atoms with Crippen LogP contribution in [0, 0.1) is 19.8 Å². The van der Waals surface area contributed by atoms with E-state index >= 15 is 0 Å². The first-order valence-corrected chi connectivity index (χ1v) is 11.0. The first-order chi connectivity index (χ1) is 13.5. The van der Waals surface area contributed by atoms with Gasteiger partial charge in [0, 0.05) is 52.4 Å². The maximum atomic E-state index is 4.83. The SMILES string of the molecule is CCNC(=NCC(C)CN1CCN(CC)CC1)NCCc1cc(C)cc(C)c1.I. The van der Waals surface area contributed by atoms with Gasteiger partial charge in [0.1, 0.15) is 0 Å². The van der Waals surface area contributed by atoms with Crippen molar-refractivity contribution in [2.75, 3.05) is 58.9 Å². The summed E-state index contributed by atoms with van der Waals surface area (Å²) < 4.78 is 0. The minimum Gasteiger partial charge on any atom is -0.357 e. The zero-order valence-corrected chi connectivity index (χ0v) is 21.5. The Kier molecular flexibility index (Phi) is 12.8. The van der Waals surface area contributed by atoms with E-state index in [0.29, 0.717) is 5.92 Å². The lowest BCUT2D eigenvalue weighted by Gasteiger charge is -2.35. The van der Waals surface area contributed by atoms with Crippen molar-refractivity contribution in [1.29, 1.82) is 0 Å². The third-order valence-corrected chi connectivity index (χ3v) is 5.37. The van der Waals surface area contributed by atoms with Crippen LogP contribution in [0.25, 0.3) is 0 Å². The molecule has 0 aromatic heterocycles. The van der Waals surface area contributed by atoms with Gasteiger partial charge in [-0.05, 0) is 45.2 Å². The Hall–Kier alpha value is -0.860. The molecule has 0 spiro atoms. The molecular formula is C23H42IN5. The second-order valence-corrected chi connectivity index (χ2v) is 8.23. The van der Waals surface area contributed by atoms with Crippen molar-refractivity contribution < 1.29 is 0 Å². The number of aliphatic imine (C=N–C) groups is 1. The summed E-state index contributed by atoms with van der Waals surface area (Å²) in [6.07, 6.45) is 1.02. The molecule has 0 radical (unpaired) electrons. The molecule has 1 unspecified atom stereocenters. The van der Waals surface area contributed by atoms with Gasteiger partial charge in [0.2, 0.25) is 0 Å². The van der Waals surface area contributed by atoms with Gasteiger partial charge in [-0.25, -0.2) is 0 Å². The van der Waals surface area contributed by atoms with Crippen molar-refractivity contribution in [2.24, 2.45) is 10.9 Å². The van der Waals surface area contributed by atoms with E-state index in [-0.39, 0.29) is 24.0 Å². The highest BCUT2D eigenvalue weighted by Gasteiger charge is 2.17. The molecule has 0 amide bonds. The van der Waals surface area contributed by atoms with Crippen LogP contribution in [0.2, 0.25) is 0 Å². The van der Waals surface area contributed by atoms with Gasteiger partial charge in [0.15, 0.2) is 5.96 Å². The number of rotatable bonds is 9. The molecular weight excluding hydrogens is 473 g/mol. The van der Waals surface area contributed by atoms with E-state index in [1.165, 1.54) is 49.4 Å². The fraction of sp³-hybridized carbons (Fsp3) is 0.696. The van der Waals surface area contributed by atoms with Gasteiger partial charge in [-0.3, -0.25) is 4.99 Å². The Balaban J connectivity index is 0.00000420. The Morgan fingerprint density at radius 3 is 2.21 bits per heavy atom. The Morgan fingerprint density at radius 1 is 1.00 bits per heavy atom. The molecule has 6 heteroatoms. The van der Waals surface area contributed by atoms with Crippen LogP contribution >= 0.6 is 24.0 Å². The van der Waals surface area contributed by atoms with Crippen LogP contribution in [0.15, 0.2) is 23.2 Å². The molecule has 29 heavy (non-hydrogen) atoms. The highest BCUT2D eigenvalue weighted by molar-refractivity contribution is 14.0. The Labute approximate surface area is 195 Å². The van der Waals surface area contributed by atoms with E-state index in [1.807, 2.05) is 0 Å². The Bertz CT molecular complexity index is 591. The monoisotopic (exact) mass is 515 g/mol. The lowest BCUT2D eigenvalue weighted by atomic mass is 10.1. The third kappa shape index (κ3) is 10.1. The van der Waals surface area contributed by atoms with Crippen molar-refractivity contribution in [3.05, 3.63) is 34.9 Å². The number of aryl methyl sites for hydroxylation is 2. The molecule has 5 nitrogen and oxygen atoms in total. The number of hydrogen-bond acceptors (Lipinski definition) is 3. The zero-order valence-electron chi connectivity index (χ0n) is 19.1. The van der Waals surface area contributed by atoms with Crippen molar-refractivity contribution >= 4 is 29.9 Å². The van der Waals surface area contributed by atoms with Crippen LogP contribution < -0.4 is 10.6 Å². The van der Waals surface area contributed by atoms with Gasteiger partial charge < -0.3 is 20.4 Å². The van der Waals surface area contributed by atoms with Crippen molar-refractivity contribution in [3.63, 3.8) is 0 Å². The second-order valence-electron chi connectivity index (χ2n) is 8.23. The topological polar surface area (TPSA) is 42.9 Å². The normalized spacial score (nSPS) is 16.9. The average Bonchev–Trinajstić information content (AvgIpc) is 2.66. The number of nitrogens with one attached hydrogen (secondary N) is 2. The molecule has 1 aliphatic rings. The van der Waals surface area contributed by atoms with Crippen molar-refractivity contribution in [1.82, 2.24) is 20.4 Å². The number of likely N-dealkylation sites (N-methyl/N-ethyl adjacent to an activating group) is 1. The van der Waals surface area contributed by atoms with Crippen LogP contribution in [-0.4, -0.2) is 74.7 Å². The largest absolute Gasteiger partial charge is 0.357 e. The molecule has 2 N–H and O–H groups in total. The maximum Gasteiger partial charge on any atom is 0.191 e. The first kappa shape index (κ1) is 26.2. The summed E-state index contributed by atoms with van der Waals surface area (Å²) in [5, 5.41) is 6.88. The smallest absolute Gasteiger partial charge is 0.191 e. The van der Waals surface area contributed by atoms with Gasteiger partial charge in [-0.1, -0.05) is 43.2 Å². The van der Waals surface area contributed by atoms with Gasteiger partial charge in [0.25, 0.3) is 0 Å². The fourth-order valence-electron chi connectivity index (χ4n) is 3.91. The second kappa shape index (κ2) is 14.2. The molecule has 1 aromatic carbocycles. The van der Waals surface area contributed by atoms with Gasteiger partial charge in [0.05, 0.1) is 0 Å². The fourth-order valence-corrected chi connectivity index (χ4v) is 3.91. The predicted molar refractivity (Wildman–Crippen MR) is 137 cm³/mol. The molecule has 0 aliphatic carbocycles. The minimum atomic E-state index is 0. The zero-order chi connectivity index (χ0) is 20.4. The van der Waals surface area contributed by atoms with Gasteiger partial charge >= 0.3 is 0 Å². The first-order valence-electron chi connectivity index (χ1n) is 11.0. The summed E-state index contributed by atoms with van der Waals surface area (Å²) in [5.41, 5.74) is 4.06. The predicted octanol–water partition coefficient (Wildman–Crippen LogP) is 3.29. The summed E-state index contributed by atoms with van der Waals surface area (Å²) in [5.74, 6) is 1.51. The van der Waals surface area contributed by atoms with Crippen LogP contribution in [-0.2, 0) is 6.42 Å². The van der Waals surface area contributed by atoms with Crippen LogP contribution in [0.3, 0.4) is 0 Å². The van der Waals surface area contributed by atoms with Crippen LogP contribution in [0.4, 0.5) is 0 Å². The minimum absolute atomic E-state index is 0. The van der Waals surface area contributed by atoms with E-state index in [1.54, 1.807) is 0 Å². The van der Waals surface area contributed by atoms with Crippen LogP contribution in [0.1, 0.15) is 37.5 Å². The van der Waals surface area contributed by atoms with Gasteiger partial charge in [-0.15, -0.1) is 24.0 Å². The number of guanidine groups is 1. The summed E-state index contributed by atoms with van der Waals surface area (Å²) in [6, 6.07) is 6.78. The van der Waals surface area contributed by atoms with E-state index in [0.717, 1.165) is 38.6 Å². The molecule has 0 bridgehead atoms. The number of nitrogens with zero attached hydrogens (tertiary/aromatic N) is 3. The number of piperazine rings is 1. The molecule has 0 saturated carbocycles. The highest BCUT2D eigenvalue weighted by Crippen LogP contribution is 2.09. The quantitative estimate of drug-likeness (QED) is 0.301.